The highest BCUT2D eigenvalue weighted by Crippen LogP contribution is 2.46. The van der Waals surface area contributed by atoms with Gasteiger partial charge >= 0.3 is 12.1 Å². The maximum absolute atomic E-state index is 13.7. The highest BCUT2D eigenvalue weighted by Gasteiger charge is 2.44. The molecule has 0 aliphatic carbocycles. The molecule has 2 aromatic rings. The molecule has 2 unspecified atom stereocenters. The minimum absolute atomic E-state index is 0.0533. The highest BCUT2D eigenvalue weighted by atomic mass is 32.2. The van der Waals surface area contributed by atoms with E-state index in [0.717, 1.165) is 34.6 Å². The first-order valence-corrected chi connectivity index (χ1v) is 9.60. The van der Waals surface area contributed by atoms with E-state index in [0.29, 0.717) is 6.07 Å². The van der Waals surface area contributed by atoms with Crippen molar-refractivity contribution in [2.24, 2.45) is 0 Å². The standard InChI is InChI=1S/C18H15F4NO4S/c1-10-14(9-17(24)25)15-8-12(19)5-6-16(15)23(10)28(26,27)13-4-2-3-11(7-13)18(20,21)22/h2-8,10,14H,9H2,1H3,(H,24,25). The summed E-state index contributed by atoms with van der Waals surface area (Å²) in [5.41, 5.74) is -0.884. The van der Waals surface area contributed by atoms with Crippen molar-refractivity contribution < 1.29 is 35.9 Å². The van der Waals surface area contributed by atoms with E-state index in [-0.39, 0.29) is 11.3 Å². The average Bonchev–Trinajstić information content (AvgIpc) is 2.86. The normalized spacial score (nSPS) is 19.5. The number of carbonyl (C=O) groups is 1. The number of benzene rings is 2. The number of carboxylic acid groups (broad SMARTS) is 1. The number of hydrogen-bond acceptors (Lipinski definition) is 3. The molecule has 0 saturated heterocycles. The summed E-state index contributed by atoms with van der Waals surface area (Å²) in [5.74, 6) is -2.71. The Morgan fingerprint density at radius 3 is 2.46 bits per heavy atom. The molecule has 0 fully saturated rings. The Bertz CT molecular complexity index is 1040. The van der Waals surface area contributed by atoms with Crippen LogP contribution in [0.4, 0.5) is 23.2 Å². The molecule has 1 heterocycles. The van der Waals surface area contributed by atoms with Gasteiger partial charge in [0.1, 0.15) is 5.82 Å². The Labute approximate surface area is 158 Å². The molecule has 0 radical (unpaired) electrons. The zero-order valence-electron chi connectivity index (χ0n) is 14.4. The van der Waals surface area contributed by atoms with Crippen LogP contribution in [0.5, 0.6) is 0 Å². The van der Waals surface area contributed by atoms with E-state index in [1.54, 1.807) is 0 Å². The summed E-state index contributed by atoms with van der Waals surface area (Å²) in [4.78, 5) is 10.6. The predicted octanol–water partition coefficient (Wildman–Crippen LogP) is 4.00. The molecule has 10 heteroatoms. The molecule has 0 spiro atoms. The topological polar surface area (TPSA) is 74.7 Å². The van der Waals surface area contributed by atoms with Crippen LogP contribution in [-0.4, -0.2) is 25.5 Å². The molecule has 0 bridgehead atoms. The van der Waals surface area contributed by atoms with E-state index in [1.165, 1.54) is 13.0 Å². The molecule has 1 N–H and O–H groups in total. The number of anilines is 1. The third-order valence-corrected chi connectivity index (χ3v) is 6.59. The summed E-state index contributed by atoms with van der Waals surface area (Å²) in [7, 11) is -4.45. The molecule has 150 valence electrons. The van der Waals surface area contributed by atoms with Gasteiger partial charge in [-0.2, -0.15) is 13.2 Å². The number of fused-ring (bicyclic) bond motifs is 1. The van der Waals surface area contributed by atoms with Gasteiger partial charge in [0, 0.05) is 5.92 Å². The number of carboxylic acids is 1. The molecular weight excluding hydrogens is 402 g/mol. The fraction of sp³-hybridized carbons (Fsp3) is 0.278. The third-order valence-electron chi connectivity index (χ3n) is 4.69. The molecule has 2 aromatic carbocycles. The minimum Gasteiger partial charge on any atom is -0.481 e. The van der Waals surface area contributed by atoms with Crippen LogP contribution < -0.4 is 4.31 Å². The van der Waals surface area contributed by atoms with Crippen LogP contribution in [0.1, 0.15) is 30.4 Å². The summed E-state index contributed by atoms with van der Waals surface area (Å²) in [6.45, 7) is 1.44. The molecule has 28 heavy (non-hydrogen) atoms. The van der Waals surface area contributed by atoms with Crippen molar-refractivity contribution in [1.29, 1.82) is 0 Å². The first kappa shape index (κ1) is 20.1. The molecule has 0 amide bonds. The largest absolute Gasteiger partial charge is 0.481 e. The Kier molecular flexibility index (Phi) is 4.86. The van der Waals surface area contributed by atoms with Gasteiger partial charge in [-0.05, 0) is 48.9 Å². The van der Waals surface area contributed by atoms with Crippen molar-refractivity contribution >= 4 is 21.7 Å². The van der Waals surface area contributed by atoms with Gasteiger partial charge in [-0.25, -0.2) is 12.8 Å². The van der Waals surface area contributed by atoms with Crippen LogP contribution in [0, 0.1) is 5.82 Å². The lowest BCUT2D eigenvalue weighted by Gasteiger charge is -2.26. The molecule has 1 aliphatic rings. The van der Waals surface area contributed by atoms with Crippen molar-refractivity contribution in [1.82, 2.24) is 0 Å². The monoisotopic (exact) mass is 417 g/mol. The van der Waals surface area contributed by atoms with Crippen LogP contribution in [0.3, 0.4) is 0 Å². The minimum atomic E-state index is -4.73. The lowest BCUT2D eigenvalue weighted by atomic mass is 9.93. The molecule has 1 aliphatic heterocycles. The number of rotatable bonds is 4. The summed E-state index contributed by atoms with van der Waals surface area (Å²) in [5, 5.41) is 9.13. The predicted molar refractivity (Wildman–Crippen MR) is 92.0 cm³/mol. The van der Waals surface area contributed by atoms with Crippen LogP contribution in [-0.2, 0) is 21.0 Å². The van der Waals surface area contributed by atoms with E-state index in [1.807, 2.05) is 0 Å². The number of nitrogens with zero attached hydrogens (tertiary/aromatic N) is 1. The SMILES string of the molecule is CC1C(CC(=O)O)c2cc(F)ccc2N1S(=O)(=O)c1cccc(C(F)(F)F)c1. The third kappa shape index (κ3) is 3.44. The second-order valence-electron chi connectivity index (χ2n) is 6.47. The lowest BCUT2D eigenvalue weighted by Crippen LogP contribution is -2.37. The number of sulfonamides is 1. The van der Waals surface area contributed by atoms with E-state index >= 15 is 0 Å². The molecule has 2 atom stereocenters. The van der Waals surface area contributed by atoms with E-state index in [4.69, 9.17) is 5.11 Å². The fourth-order valence-electron chi connectivity index (χ4n) is 3.43. The molecule has 0 aromatic heterocycles. The van der Waals surface area contributed by atoms with Crippen LogP contribution in [0.25, 0.3) is 0 Å². The Balaban J connectivity index is 2.14. The van der Waals surface area contributed by atoms with Gasteiger partial charge in [-0.3, -0.25) is 9.10 Å². The molecule has 5 nitrogen and oxygen atoms in total. The number of alkyl halides is 3. The van der Waals surface area contributed by atoms with Crippen LogP contribution >= 0.6 is 0 Å². The Morgan fingerprint density at radius 1 is 1.18 bits per heavy atom. The maximum atomic E-state index is 13.7. The van der Waals surface area contributed by atoms with E-state index < -0.39 is 56.8 Å². The van der Waals surface area contributed by atoms with Gasteiger partial charge in [0.25, 0.3) is 10.0 Å². The second-order valence-corrected chi connectivity index (χ2v) is 8.29. The maximum Gasteiger partial charge on any atom is 0.416 e. The Hall–Kier alpha value is -2.62. The van der Waals surface area contributed by atoms with Crippen LogP contribution in [0.2, 0.25) is 0 Å². The van der Waals surface area contributed by atoms with E-state index in [9.17, 15) is 30.8 Å². The van der Waals surface area contributed by atoms with Gasteiger partial charge in [0.15, 0.2) is 0 Å². The summed E-state index contributed by atoms with van der Waals surface area (Å²) in [6.07, 6.45) is -5.18. The Morgan fingerprint density at radius 2 is 1.86 bits per heavy atom. The lowest BCUT2D eigenvalue weighted by molar-refractivity contribution is -0.138. The van der Waals surface area contributed by atoms with Gasteiger partial charge in [0.2, 0.25) is 0 Å². The molecule has 0 saturated carbocycles. The number of hydrogen-bond donors (Lipinski definition) is 1. The smallest absolute Gasteiger partial charge is 0.416 e. The number of halogens is 4. The van der Waals surface area contributed by atoms with Crippen molar-refractivity contribution in [2.45, 2.75) is 36.4 Å². The van der Waals surface area contributed by atoms with E-state index in [2.05, 4.69) is 0 Å². The average molecular weight is 417 g/mol. The van der Waals surface area contributed by atoms with Crippen molar-refractivity contribution in [3.8, 4) is 0 Å². The van der Waals surface area contributed by atoms with Gasteiger partial charge in [-0.1, -0.05) is 6.07 Å². The molecule has 3 rings (SSSR count). The van der Waals surface area contributed by atoms with Crippen molar-refractivity contribution in [3.05, 3.63) is 59.4 Å². The zero-order valence-corrected chi connectivity index (χ0v) is 15.3. The number of aliphatic carboxylic acids is 1. The first-order chi connectivity index (χ1) is 12.9. The van der Waals surface area contributed by atoms with Crippen molar-refractivity contribution in [2.75, 3.05) is 4.31 Å². The fourth-order valence-corrected chi connectivity index (χ4v) is 5.19. The van der Waals surface area contributed by atoms with Gasteiger partial charge in [0.05, 0.1) is 28.6 Å². The van der Waals surface area contributed by atoms with Crippen LogP contribution in [0.15, 0.2) is 47.4 Å². The zero-order chi connectivity index (χ0) is 20.9. The van der Waals surface area contributed by atoms with Gasteiger partial charge < -0.3 is 5.11 Å². The molecular formula is C18H15F4NO4S. The summed E-state index contributed by atoms with van der Waals surface area (Å²) < 4.78 is 79.7. The highest BCUT2D eigenvalue weighted by molar-refractivity contribution is 7.92. The summed E-state index contributed by atoms with van der Waals surface area (Å²) >= 11 is 0. The first-order valence-electron chi connectivity index (χ1n) is 8.16. The van der Waals surface area contributed by atoms with Gasteiger partial charge in [-0.15, -0.1) is 0 Å². The van der Waals surface area contributed by atoms with Crippen molar-refractivity contribution in [3.63, 3.8) is 0 Å². The summed E-state index contributed by atoms with van der Waals surface area (Å²) in [6, 6.07) is 5.63. The quantitative estimate of drug-likeness (QED) is 0.764. The second kappa shape index (κ2) is 6.77.